The van der Waals surface area contributed by atoms with Gasteiger partial charge in [-0.2, -0.15) is 0 Å². The molecule has 0 saturated carbocycles. The summed E-state index contributed by atoms with van der Waals surface area (Å²) >= 11 is 0. The maximum Gasteiger partial charge on any atom is 0 e. The molecule has 0 bridgehead atoms. The Morgan fingerprint density at radius 3 is 0.765 bits per heavy atom. The molecule has 34 heavy (non-hydrogen) atoms. The fourth-order valence-corrected chi connectivity index (χ4v) is 8.80. The molecule has 0 aromatic heterocycles. The van der Waals surface area contributed by atoms with Gasteiger partial charge in [0.1, 0.15) is 0 Å². The Morgan fingerprint density at radius 2 is 0.588 bits per heavy atom. The van der Waals surface area contributed by atoms with Crippen molar-refractivity contribution in [1.82, 2.24) is 0 Å². The molecule has 0 amide bonds. The second-order valence-electron chi connectivity index (χ2n) is 7.02. The van der Waals surface area contributed by atoms with Crippen molar-refractivity contribution in [1.29, 1.82) is 0 Å². The third-order valence-corrected chi connectivity index (χ3v) is 10.2. The molecule has 0 fully saturated rings. The van der Waals surface area contributed by atoms with Gasteiger partial charge >= 0.3 is 0 Å². The molecule has 0 aliphatic rings. The molecule has 0 unspecified atom stereocenters. The molecule has 4 nitrogen and oxygen atoms in total. The predicted octanol–water partition coefficient (Wildman–Crippen LogP) is 0.494. The van der Waals surface area contributed by atoms with Crippen LogP contribution < -0.4 is 39.9 Å². The Kier molecular flexibility index (Phi) is 12.5. The quantitative estimate of drug-likeness (QED) is 0.228. The summed E-state index contributed by atoms with van der Waals surface area (Å²) in [5.41, 5.74) is 0. The molecule has 0 heterocycles. The van der Waals surface area contributed by atoms with E-state index < -0.39 is 10.2 Å². The molecule has 0 atom stereocenters. The first-order chi connectivity index (χ1) is 15.9. The van der Waals surface area contributed by atoms with Crippen LogP contribution in [-0.2, 0) is 19.5 Å². The van der Waals surface area contributed by atoms with E-state index in [9.17, 15) is 0 Å². The second kappa shape index (κ2) is 14.8. The van der Waals surface area contributed by atoms with Gasteiger partial charge in [-0.3, -0.25) is 0 Å². The fraction of sp³-hybridized carbons (Fsp3) is 0.0769. The van der Waals surface area contributed by atoms with Gasteiger partial charge < -0.3 is 0 Å². The molecule has 0 aliphatic carbocycles. The molecule has 0 saturated heterocycles. The van der Waals surface area contributed by atoms with Crippen LogP contribution in [0, 0.1) is 10.2 Å². The number of hydrogen-bond acceptors (Lipinski definition) is 4. The van der Waals surface area contributed by atoms with E-state index >= 15 is 0 Å². The van der Waals surface area contributed by atoms with Gasteiger partial charge in [-0.05, 0) is 49.4 Å². The van der Waals surface area contributed by atoms with Crippen molar-refractivity contribution in [2.75, 3.05) is 12.3 Å². The minimum absolute atomic E-state index is 0. The van der Waals surface area contributed by atoms with Gasteiger partial charge in [-0.25, -0.2) is 18.6 Å². The Morgan fingerprint density at radius 1 is 0.412 bits per heavy atom. The molecular formula is C26H24ClO4P2Rh-. The zero-order chi connectivity index (χ0) is 23.5. The van der Waals surface area contributed by atoms with Crippen LogP contribution in [0.2, 0.25) is 0 Å². The van der Waals surface area contributed by atoms with E-state index in [-0.39, 0.29) is 35.3 Å². The second-order valence-corrected chi connectivity index (χ2v) is 12.5. The molecular weight excluding hydrogens is 577 g/mol. The van der Waals surface area contributed by atoms with Crippen molar-refractivity contribution in [2.45, 2.75) is 0 Å². The van der Waals surface area contributed by atoms with E-state index in [4.69, 9.17) is 18.6 Å². The maximum absolute atomic E-state index is 8.49. The average Bonchev–Trinajstić information content (AvgIpc) is 2.83. The standard InChI is InChI=1S/C26H24P2.ClHO4.Rh/c1-5-13-23(14-6-1)27(24-15-7-2-8-16-24)21-22-28(25-17-9-3-10-18-25)26-19-11-4-12-20-26;2-1(3,4)5;/h1-20H,21-22H2;(H,2,3,4,5);/p-1. The van der Waals surface area contributed by atoms with Crippen LogP contribution in [0.15, 0.2) is 121 Å². The number of halogens is 1. The van der Waals surface area contributed by atoms with Crippen LogP contribution in [0.25, 0.3) is 0 Å². The van der Waals surface area contributed by atoms with Gasteiger partial charge in [0, 0.05) is 19.5 Å². The van der Waals surface area contributed by atoms with Gasteiger partial charge in [-0.15, -0.1) is 10.2 Å². The number of rotatable bonds is 7. The summed E-state index contributed by atoms with van der Waals surface area (Å²) in [6.45, 7) is 0. The SMILES string of the molecule is [O-][Cl+3]([O-])([O-])[O-].[Rh].c1ccc(P(CCP(c2ccccc2)c2ccccc2)c2ccccc2)cc1. The monoisotopic (exact) mass is 600 g/mol. The largest absolute Gasteiger partial charge is 0.222 e. The summed E-state index contributed by atoms with van der Waals surface area (Å²) in [7, 11) is -5.64. The number of hydrogen-bond donors (Lipinski definition) is 0. The van der Waals surface area contributed by atoms with Crippen molar-refractivity contribution in [3.05, 3.63) is 121 Å². The van der Waals surface area contributed by atoms with Crippen molar-refractivity contribution < 1.29 is 48.4 Å². The summed E-state index contributed by atoms with van der Waals surface area (Å²) in [4.78, 5) is 0. The Bertz CT molecular complexity index is 901. The van der Waals surface area contributed by atoms with Crippen LogP contribution >= 0.6 is 15.8 Å². The van der Waals surface area contributed by atoms with E-state index in [1.54, 1.807) is 0 Å². The van der Waals surface area contributed by atoms with Crippen molar-refractivity contribution >= 4 is 37.1 Å². The molecule has 8 heteroatoms. The normalized spacial score (nSPS) is 10.9. The molecule has 0 N–H and O–H groups in total. The molecule has 1 radical (unpaired) electrons. The fourth-order valence-electron chi connectivity index (χ4n) is 3.45. The molecule has 0 aliphatic heterocycles. The molecule has 4 rings (SSSR count). The van der Waals surface area contributed by atoms with Gasteiger partial charge in [0.2, 0.25) is 0 Å². The first-order valence-electron chi connectivity index (χ1n) is 10.3. The predicted molar refractivity (Wildman–Crippen MR) is 128 cm³/mol. The van der Waals surface area contributed by atoms with Crippen molar-refractivity contribution in [3.63, 3.8) is 0 Å². The maximum atomic E-state index is 8.49. The van der Waals surface area contributed by atoms with E-state index in [1.807, 2.05) is 0 Å². The van der Waals surface area contributed by atoms with E-state index in [1.165, 1.54) is 33.5 Å². The molecule has 179 valence electrons. The summed E-state index contributed by atoms with van der Waals surface area (Å²) in [5, 5.41) is 5.89. The van der Waals surface area contributed by atoms with Crippen LogP contribution in [-0.4, -0.2) is 12.3 Å². The summed E-state index contributed by atoms with van der Waals surface area (Å²) in [6.07, 6.45) is 2.41. The Hall–Kier alpha value is -1.51. The summed E-state index contributed by atoms with van der Waals surface area (Å²) in [5.74, 6) is 0. The molecule has 4 aromatic rings. The van der Waals surface area contributed by atoms with Gasteiger partial charge in [-0.1, -0.05) is 121 Å². The van der Waals surface area contributed by atoms with Crippen LogP contribution in [0.5, 0.6) is 0 Å². The topological polar surface area (TPSA) is 92.2 Å². The zero-order valence-electron chi connectivity index (χ0n) is 18.2. The van der Waals surface area contributed by atoms with Crippen LogP contribution in [0.3, 0.4) is 0 Å². The minimum atomic E-state index is -4.94. The number of benzene rings is 4. The van der Waals surface area contributed by atoms with E-state index in [0.29, 0.717) is 0 Å². The van der Waals surface area contributed by atoms with Gasteiger partial charge in [0.05, 0.1) is 0 Å². The zero-order valence-corrected chi connectivity index (χ0v) is 22.4. The van der Waals surface area contributed by atoms with Gasteiger partial charge in [0.15, 0.2) is 0 Å². The first kappa shape index (κ1) is 28.7. The summed E-state index contributed by atoms with van der Waals surface area (Å²) < 4.78 is 34.0. The van der Waals surface area contributed by atoms with Crippen molar-refractivity contribution in [3.8, 4) is 0 Å². The van der Waals surface area contributed by atoms with Gasteiger partial charge in [0.25, 0.3) is 0 Å². The third-order valence-electron chi connectivity index (χ3n) is 4.82. The third kappa shape index (κ3) is 10.0. The minimum Gasteiger partial charge on any atom is -0.222 e. The smallest absolute Gasteiger partial charge is 0 e. The van der Waals surface area contributed by atoms with E-state index in [2.05, 4.69) is 121 Å². The first-order valence-corrected chi connectivity index (χ1v) is 14.6. The van der Waals surface area contributed by atoms with Crippen LogP contribution in [0.1, 0.15) is 0 Å². The summed E-state index contributed by atoms with van der Waals surface area (Å²) in [6, 6.07) is 44.2. The van der Waals surface area contributed by atoms with Crippen LogP contribution in [0.4, 0.5) is 0 Å². The Balaban J connectivity index is 0.000000619. The van der Waals surface area contributed by atoms with Crippen molar-refractivity contribution in [2.24, 2.45) is 0 Å². The van der Waals surface area contributed by atoms with E-state index in [0.717, 1.165) is 0 Å². The molecule has 0 spiro atoms. The average molecular weight is 601 g/mol. The Labute approximate surface area is 218 Å². The molecule has 4 aromatic carbocycles.